The van der Waals surface area contributed by atoms with E-state index in [-0.39, 0.29) is 0 Å². The molecule has 0 aliphatic heterocycles. The summed E-state index contributed by atoms with van der Waals surface area (Å²) < 4.78 is 0. The van der Waals surface area contributed by atoms with Gasteiger partial charge in [0.2, 0.25) is 0 Å². The first-order chi connectivity index (χ1) is 10.8. The minimum atomic E-state index is -0.852. The van der Waals surface area contributed by atoms with E-state index in [0.717, 1.165) is 23.4 Å². The fourth-order valence-corrected chi connectivity index (χ4v) is 4.07. The van der Waals surface area contributed by atoms with Gasteiger partial charge in [0, 0.05) is 17.5 Å². The van der Waals surface area contributed by atoms with Crippen LogP contribution in [0.1, 0.15) is 41.8 Å². The van der Waals surface area contributed by atoms with Crippen molar-refractivity contribution in [1.82, 2.24) is 0 Å². The van der Waals surface area contributed by atoms with Gasteiger partial charge >= 0.3 is 5.97 Å². The molecule has 0 radical (unpaired) electrons. The molecule has 3 nitrogen and oxygen atoms in total. The van der Waals surface area contributed by atoms with Gasteiger partial charge in [-0.15, -0.1) is 11.3 Å². The first kappa shape index (κ1) is 15.1. The van der Waals surface area contributed by atoms with Gasteiger partial charge in [0.1, 0.15) is 4.88 Å². The Morgan fingerprint density at radius 3 is 2.59 bits per heavy atom. The van der Waals surface area contributed by atoms with Crippen LogP contribution >= 0.6 is 11.3 Å². The Bertz CT molecular complexity index is 630. The van der Waals surface area contributed by atoms with Crippen molar-refractivity contribution in [1.29, 1.82) is 0 Å². The van der Waals surface area contributed by atoms with E-state index in [1.165, 1.54) is 43.4 Å². The number of thiophene rings is 1. The van der Waals surface area contributed by atoms with Crippen molar-refractivity contribution in [3.05, 3.63) is 40.6 Å². The van der Waals surface area contributed by atoms with E-state index in [1.54, 1.807) is 0 Å². The molecule has 0 unspecified atom stereocenters. The lowest BCUT2D eigenvalue weighted by Gasteiger charge is -2.22. The molecule has 1 aromatic carbocycles. The molecular formula is C18H21NO2S. The van der Waals surface area contributed by atoms with Crippen LogP contribution in [-0.4, -0.2) is 17.6 Å². The van der Waals surface area contributed by atoms with E-state index >= 15 is 0 Å². The molecule has 1 aromatic heterocycles. The van der Waals surface area contributed by atoms with Gasteiger partial charge in [-0.25, -0.2) is 4.79 Å². The minimum Gasteiger partial charge on any atom is -0.477 e. The minimum absolute atomic E-state index is 0.414. The standard InChI is InChI=1S/C18H21NO2S/c20-18(21)17-16(14-9-5-2-6-10-14)15(12-22-17)19-11-13-7-3-1-4-8-13/h2,5-6,9-10,12-13,19H,1,3-4,7-8,11H2,(H,20,21). The Morgan fingerprint density at radius 2 is 1.91 bits per heavy atom. The van der Waals surface area contributed by atoms with E-state index in [1.807, 2.05) is 35.7 Å². The number of hydrogen-bond acceptors (Lipinski definition) is 3. The van der Waals surface area contributed by atoms with Gasteiger partial charge < -0.3 is 10.4 Å². The molecule has 1 heterocycles. The average Bonchev–Trinajstić information content (AvgIpc) is 2.99. The third-order valence-electron chi connectivity index (χ3n) is 4.35. The predicted molar refractivity (Wildman–Crippen MR) is 91.8 cm³/mol. The molecule has 0 saturated heterocycles. The number of rotatable bonds is 5. The lowest BCUT2D eigenvalue weighted by atomic mass is 9.89. The topological polar surface area (TPSA) is 49.3 Å². The molecule has 1 fully saturated rings. The van der Waals surface area contributed by atoms with Gasteiger partial charge in [0.05, 0.1) is 5.69 Å². The van der Waals surface area contributed by atoms with Gasteiger partial charge in [0.25, 0.3) is 0 Å². The fraction of sp³-hybridized carbons (Fsp3) is 0.389. The van der Waals surface area contributed by atoms with Crippen LogP contribution in [0, 0.1) is 5.92 Å². The highest BCUT2D eigenvalue weighted by molar-refractivity contribution is 7.13. The quantitative estimate of drug-likeness (QED) is 0.806. The van der Waals surface area contributed by atoms with Gasteiger partial charge in [-0.05, 0) is 24.3 Å². The van der Waals surface area contributed by atoms with E-state index < -0.39 is 5.97 Å². The van der Waals surface area contributed by atoms with E-state index in [2.05, 4.69) is 5.32 Å². The number of aromatic carboxylic acids is 1. The number of carbonyl (C=O) groups is 1. The molecule has 0 amide bonds. The zero-order valence-electron chi connectivity index (χ0n) is 12.5. The molecular weight excluding hydrogens is 294 g/mol. The molecule has 0 bridgehead atoms. The van der Waals surface area contributed by atoms with Crippen molar-refractivity contribution in [2.24, 2.45) is 5.92 Å². The van der Waals surface area contributed by atoms with Crippen LogP contribution in [-0.2, 0) is 0 Å². The second kappa shape index (κ2) is 6.97. The highest BCUT2D eigenvalue weighted by Gasteiger charge is 2.20. The molecule has 4 heteroatoms. The summed E-state index contributed by atoms with van der Waals surface area (Å²) in [6.07, 6.45) is 6.56. The number of carboxylic acid groups (broad SMARTS) is 1. The monoisotopic (exact) mass is 315 g/mol. The van der Waals surface area contributed by atoms with Gasteiger partial charge in [0.15, 0.2) is 0 Å². The second-order valence-electron chi connectivity index (χ2n) is 5.91. The first-order valence-corrected chi connectivity index (χ1v) is 8.77. The number of benzene rings is 1. The lowest BCUT2D eigenvalue weighted by molar-refractivity contribution is 0.0703. The summed E-state index contributed by atoms with van der Waals surface area (Å²) >= 11 is 1.30. The Hall–Kier alpha value is -1.81. The van der Waals surface area contributed by atoms with Crippen molar-refractivity contribution in [3.63, 3.8) is 0 Å². The summed E-state index contributed by atoms with van der Waals surface area (Å²) in [5.74, 6) is -0.139. The lowest BCUT2D eigenvalue weighted by Crippen LogP contribution is -2.17. The van der Waals surface area contributed by atoms with E-state index in [0.29, 0.717) is 10.8 Å². The van der Waals surface area contributed by atoms with Crippen LogP contribution in [0.4, 0.5) is 5.69 Å². The van der Waals surface area contributed by atoms with Crippen molar-refractivity contribution < 1.29 is 9.90 Å². The average molecular weight is 315 g/mol. The number of hydrogen-bond donors (Lipinski definition) is 2. The van der Waals surface area contributed by atoms with Gasteiger partial charge in [-0.1, -0.05) is 49.6 Å². The van der Waals surface area contributed by atoms with Crippen LogP contribution in [0.3, 0.4) is 0 Å². The molecule has 22 heavy (non-hydrogen) atoms. The molecule has 0 spiro atoms. The Morgan fingerprint density at radius 1 is 1.18 bits per heavy atom. The summed E-state index contributed by atoms with van der Waals surface area (Å²) in [6.45, 7) is 0.940. The largest absolute Gasteiger partial charge is 0.477 e. The van der Waals surface area contributed by atoms with Crippen molar-refractivity contribution in [2.45, 2.75) is 32.1 Å². The van der Waals surface area contributed by atoms with E-state index in [4.69, 9.17) is 0 Å². The number of carboxylic acids is 1. The zero-order valence-corrected chi connectivity index (χ0v) is 13.4. The molecule has 2 aromatic rings. The van der Waals surface area contributed by atoms with Gasteiger partial charge in [-0.2, -0.15) is 0 Å². The molecule has 1 aliphatic rings. The van der Waals surface area contributed by atoms with E-state index in [9.17, 15) is 9.90 Å². The third-order valence-corrected chi connectivity index (χ3v) is 5.32. The normalized spacial score (nSPS) is 15.6. The van der Waals surface area contributed by atoms with Crippen LogP contribution in [0.25, 0.3) is 11.1 Å². The van der Waals surface area contributed by atoms with Crippen molar-refractivity contribution in [3.8, 4) is 11.1 Å². The highest BCUT2D eigenvalue weighted by Crippen LogP contribution is 2.37. The third kappa shape index (κ3) is 3.33. The van der Waals surface area contributed by atoms with Gasteiger partial charge in [-0.3, -0.25) is 0 Å². The van der Waals surface area contributed by atoms with Crippen LogP contribution < -0.4 is 5.32 Å². The Labute approximate surface area is 135 Å². The maximum absolute atomic E-state index is 11.5. The molecule has 1 saturated carbocycles. The molecule has 2 N–H and O–H groups in total. The first-order valence-electron chi connectivity index (χ1n) is 7.90. The van der Waals surface area contributed by atoms with Crippen molar-refractivity contribution >= 4 is 23.0 Å². The number of anilines is 1. The summed E-state index contributed by atoms with van der Waals surface area (Å²) in [5.41, 5.74) is 2.75. The summed E-state index contributed by atoms with van der Waals surface area (Å²) in [4.78, 5) is 11.9. The number of nitrogens with one attached hydrogen (secondary N) is 1. The smallest absolute Gasteiger partial charge is 0.346 e. The maximum atomic E-state index is 11.5. The molecule has 3 rings (SSSR count). The predicted octanol–water partition coefficient (Wildman–Crippen LogP) is 5.11. The maximum Gasteiger partial charge on any atom is 0.346 e. The Kier molecular flexibility index (Phi) is 4.78. The molecule has 1 aliphatic carbocycles. The summed E-state index contributed by atoms with van der Waals surface area (Å²) in [6, 6.07) is 9.79. The zero-order chi connectivity index (χ0) is 15.4. The van der Waals surface area contributed by atoms with Crippen molar-refractivity contribution in [2.75, 3.05) is 11.9 Å². The SMILES string of the molecule is O=C(O)c1scc(NCC2CCCCC2)c1-c1ccccc1. The van der Waals surface area contributed by atoms with Crippen LogP contribution in [0.5, 0.6) is 0 Å². The molecule has 116 valence electrons. The van der Waals surface area contributed by atoms with Crippen LogP contribution in [0.2, 0.25) is 0 Å². The summed E-state index contributed by atoms with van der Waals surface area (Å²) in [7, 11) is 0. The summed E-state index contributed by atoms with van der Waals surface area (Å²) in [5, 5.41) is 14.9. The highest BCUT2D eigenvalue weighted by atomic mass is 32.1. The van der Waals surface area contributed by atoms with Crippen LogP contribution in [0.15, 0.2) is 35.7 Å². The molecule has 0 atom stereocenters. The fourth-order valence-electron chi connectivity index (χ4n) is 3.18. The Balaban J connectivity index is 1.83. The second-order valence-corrected chi connectivity index (χ2v) is 6.79.